The van der Waals surface area contributed by atoms with E-state index in [-0.39, 0.29) is 0 Å². The minimum absolute atomic E-state index is 0.679. The van der Waals surface area contributed by atoms with Crippen LogP contribution in [0, 0.1) is 0 Å². The molecule has 14 heavy (non-hydrogen) atoms. The van der Waals surface area contributed by atoms with Crippen molar-refractivity contribution in [3.8, 4) is 0 Å². The first kappa shape index (κ1) is 12.0. The molecule has 0 bridgehead atoms. The fraction of sp³-hybridized carbons (Fsp3) is 1.00. The third-order valence-corrected chi connectivity index (χ3v) is 3.13. The highest BCUT2D eigenvalue weighted by Gasteiger charge is 2.19. The number of nitrogens with zero attached hydrogens (tertiary/aromatic N) is 1. The second kappa shape index (κ2) is 6.41. The van der Waals surface area contributed by atoms with Gasteiger partial charge in [0.1, 0.15) is 0 Å². The van der Waals surface area contributed by atoms with E-state index in [2.05, 4.69) is 25.7 Å². The zero-order valence-electron chi connectivity index (χ0n) is 9.96. The van der Waals surface area contributed by atoms with Crippen molar-refractivity contribution in [2.75, 3.05) is 19.8 Å². The van der Waals surface area contributed by atoms with Crippen LogP contribution < -0.4 is 0 Å². The molecule has 0 unspecified atom stereocenters. The van der Waals surface area contributed by atoms with Crippen LogP contribution in [0.3, 0.4) is 0 Å². The average Bonchev–Trinajstić information content (AvgIpc) is 2.27. The fourth-order valence-corrected chi connectivity index (χ4v) is 2.34. The van der Waals surface area contributed by atoms with Gasteiger partial charge in [0, 0.05) is 31.8 Å². The van der Waals surface area contributed by atoms with Crippen LogP contribution in [0.5, 0.6) is 0 Å². The summed E-state index contributed by atoms with van der Waals surface area (Å²) in [5.41, 5.74) is 0. The zero-order chi connectivity index (χ0) is 10.4. The van der Waals surface area contributed by atoms with Crippen LogP contribution in [0.25, 0.3) is 0 Å². The maximum Gasteiger partial charge on any atom is 0.0478 e. The minimum Gasteiger partial charge on any atom is -0.381 e. The smallest absolute Gasteiger partial charge is 0.0478 e. The first-order chi connectivity index (χ1) is 6.75. The molecule has 1 heterocycles. The van der Waals surface area contributed by atoms with E-state index in [1.807, 2.05) is 0 Å². The van der Waals surface area contributed by atoms with Crippen molar-refractivity contribution in [1.82, 2.24) is 4.90 Å². The molecular weight excluding hydrogens is 174 g/mol. The molecule has 0 aromatic heterocycles. The highest BCUT2D eigenvalue weighted by molar-refractivity contribution is 4.74. The molecule has 1 saturated heterocycles. The molecule has 0 aromatic carbocycles. The molecule has 1 aliphatic heterocycles. The van der Waals surface area contributed by atoms with E-state index < -0.39 is 0 Å². The van der Waals surface area contributed by atoms with E-state index in [4.69, 9.17) is 4.74 Å². The zero-order valence-corrected chi connectivity index (χ0v) is 9.96. The van der Waals surface area contributed by atoms with E-state index in [1.54, 1.807) is 0 Å². The van der Waals surface area contributed by atoms with Crippen molar-refractivity contribution in [3.05, 3.63) is 0 Å². The largest absolute Gasteiger partial charge is 0.381 e. The summed E-state index contributed by atoms with van der Waals surface area (Å²) in [6.07, 6.45) is 4.99. The van der Waals surface area contributed by atoms with Crippen LogP contribution in [-0.4, -0.2) is 36.7 Å². The molecule has 0 radical (unpaired) electrons. The summed E-state index contributed by atoms with van der Waals surface area (Å²) < 4.78 is 5.55. The molecule has 0 N–H and O–H groups in total. The van der Waals surface area contributed by atoms with E-state index in [0.29, 0.717) is 6.04 Å². The highest BCUT2D eigenvalue weighted by atomic mass is 16.5. The summed E-state index contributed by atoms with van der Waals surface area (Å²) in [5.74, 6) is 0. The maximum atomic E-state index is 5.55. The molecule has 1 atom stereocenters. The summed E-state index contributed by atoms with van der Waals surface area (Å²) in [6.45, 7) is 10.0. The van der Waals surface area contributed by atoms with Crippen LogP contribution in [0.15, 0.2) is 0 Å². The Hall–Kier alpha value is -0.0800. The third-order valence-electron chi connectivity index (χ3n) is 3.13. The average molecular weight is 199 g/mol. The Morgan fingerprint density at radius 1 is 1.29 bits per heavy atom. The van der Waals surface area contributed by atoms with Gasteiger partial charge in [0.25, 0.3) is 0 Å². The molecule has 1 fully saturated rings. The number of ether oxygens (including phenoxy) is 1. The lowest BCUT2D eigenvalue weighted by atomic mass is 10.1. The van der Waals surface area contributed by atoms with Gasteiger partial charge in [-0.05, 0) is 39.5 Å². The van der Waals surface area contributed by atoms with Gasteiger partial charge in [-0.1, -0.05) is 6.92 Å². The first-order valence-electron chi connectivity index (χ1n) is 6.09. The van der Waals surface area contributed by atoms with Crippen LogP contribution in [0.2, 0.25) is 0 Å². The Bertz CT molecular complexity index is 147. The predicted molar refractivity (Wildman–Crippen MR) is 60.6 cm³/mol. The van der Waals surface area contributed by atoms with E-state index >= 15 is 0 Å². The first-order valence-corrected chi connectivity index (χ1v) is 6.09. The quantitative estimate of drug-likeness (QED) is 0.678. The molecule has 1 rings (SSSR count). The summed E-state index contributed by atoms with van der Waals surface area (Å²) in [7, 11) is 0. The molecule has 0 saturated carbocycles. The lowest BCUT2D eigenvalue weighted by molar-refractivity contribution is 0.124. The lowest BCUT2D eigenvalue weighted by Gasteiger charge is -2.34. The number of hydrogen-bond donors (Lipinski definition) is 0. The second-order valence-electron chi connectivity index (χ2n) is 4.50. The van der Waals surface area contributed by atoms with Crippen molar-refractivity contribution in [2.45, 2.75) is 58.5 Å². The molecule has 2 heteroatoms. The summed E-state index contributed by atoms with van der Waals surface area (Å²) in [5, 5.41) is 0. The van der Waals surface area contributed by atoms with Gasteiger partial charge in [-0.25, -0.2) is 0 Å². The summed E-state index contributed by atoms with van der Waals surface area (Å²) >= 11 is 0. The van der Waals surface area contributed by atoms with Gasteiger partial charge in [0.15, 0.2) is 0 Å². The summed E-state index contributed by atoms with van der Waals surface area (Å²) in [4.78, 5) is 2.65. The Balaban J connectivity index is 2.53. The summed E-state index contributed by atoms with van der Waals surface area (Å²) in [6, 6.07) is 1.45. The Labute approximate surface area is 88.6 Å². The standard InChI is InChI=1S/C12H25NO/c1-4-12-7-5-9-14-10-6-8-13(12)11(2)3/h11-12H,4-10H2,1-3H3/t12-/m0/s1. The molecule has 0 spiro atoms. The molecule has 0 aliphatic carbocycles. The van der Waals surface area contributed by atoms with Crippen LogP contribution in [0.1, 0.15) is 46.5 Å². The van der Waals surface area contributed by atoms with Crippen molar-refractivity contribution >= 4 is 0 Å². The Kier molecular flexibility index (Phi) is 5.49. The van der Waals surface area contributed by atoms with E-state index in [0.717, 1.165) is 19.3 Å². The molecule has 84 valence electrons. The van der Waals surface area contributed by atoms with Gasteiger partial charge in [-0.2, -0.15) is 0 Å². The predicted octanol–water partition coefficient (Wildman–Crippen LogP) is 2.68. The molecule has 2 nitrogen and oxygen atoms in total. The number of hydrogen-bond acceptors (Lipinski definition) is 2. The molecule has 0 amide bonds. The number of rotatable bonds is 2. The monoisotopic (exact) mass is 199 g/mol. The van der Waals surface area contributed by atoms with Crippen molar-refractivity contribution < 1.29 is 4.74 Å². The minimum atomic E-state index is 0.679. The lowest BCUT2D eigenvalue weighted by Crippen LogP contribution is -2.40. The highest BCUT2D eigenvalue weighted by Crippen LogP contribution is 2.16. The van der Waals surface area contributed by atoms with Gasteiger partial charge in [0.05, 0.1) is 0 Å². The van der Waals surface area contributed by atoms with Gasteiger partial charge in [-0.15, -0.1) is 0 Å². The Morgan fingerprint density at radius 2 is 2.00 bits per heavy atom. The fourth-order valence-electron chi connectivity index (χ4n) is 2.34. The van der Waals surface area contributed by atoms with Gasteiger partial charge in [-0.3, -0.25) is 4.90 Å². The SMILES string of the molecule is CC[C@H]1CCCOCCCN1C(C)C. The van der Waals surface area contributed by atoms with Crippen molar-refractivity contribution in [3.63, 3.8) is 0 Å². The molecular formula is C12H25NO. The van der Waals surface area contributed by atoms with Crippen molar-refractivity contribution in [2.24, 2.45) is 0 Å². The molecule has 1 aliphatic rings. The topological polar surface area (TPSA) is 12.5 Å². The van der Waals surface area contributed by atoms with Gasteiger partial charge in [0.2, 0.25) is 0 Å². The second-order valence-corrected chi connectivity index (χ2v) is 4.50. The van der Waals surface area contributed by atoms with Crippen molar-refractivity contribution in [1.29, 1.82) is 0 Å². The van der Waals surface area contributed by atoms with Crippen LogP contribution >= 0.6 is 0 Å². The Morgan fingerprint density at radius 3 is 2.64 bits per heavy atom. The van der Waals surface area contributed by atoms with Gasteiger partial charge < -0.3 is 4.74 Å². The van der Waals surface area contributed by atoms with Crippen LogP contribution in [0.4, 0.5) is 0 Å². The third kappa shape index (κ3) is 3.58. The molecule has 0 aromatic rings. The maximum absolute atomic E-state index is 5.55. The van der Waals surface area contributed by atoms with Crippen LogP contribution in [-0.2, 0) is 4.74 Å². The van der Waals surface area contributed by atoms with E-state index in [9.17, 15) is 0 Å². The van der Waals surface area contributed by atoms with Gasteiger partial charge >= 0.3 is 0 Å². The van der Waals surface area contributed by atoms with E-state index in [1.165, 1.54) is 32.2 Å². The normalized spacial score (nSPS) is 27.0.